The van der Waals surface area contributed by atoms with Crippen LogP contribution in [0.5, 0.6) is 0 Å². The van der Waals surface area contributed by atoms with Crippen LogP contribution in [-0.4, -0.2) is 0 Å². The molecule has 0 aromatic heterocycles. The molecule has 0 atom stereocenters. The second kappa shape index (κ2) is 6.79. The van der Waals surface area contributed by atoms with Gasteiger partial charge in [0.2, 0.25) is 0 Å². The van der Waals surface area contributed by atoms with Gasteiger partial charge in [-0.1, -0.05) is 81.8 Å². The van der Waals surface area contributed by atoms with Crippen molar-refractivity contribution in [3.8, 4) is 0 Å². The zero-order valence-corrected chi connectivity index (χ0v) is 14.3. The Balaban J connectivity index is 2.45. The highest BCUT2D eigenvalue weighted by molar-refractivity contribution is 6.41. The Morgan fingerprint density at radius 3 is 1.00 bits per heavy atom. The molecule has 0 unspecified atom stereocenters. The fourth-order valence-electron chi connectivity index (χ4n) is 1.59. The summed E-state index contributed by atoms with van der Waals surface area (Å²) in [6.45, 7) is 0. The van der Waals surface area contributed by atoms with Gasteiger partial charge in [0.05, 0.1) is 20.1 Å². The molecular weight excluding hydrogens is 381 g/mol. The van der Waals surface area contributed by atoms with E-state index in [-0.39, 0.29) is 0 Å². The number of hydrogen-bond donors (Lipinski definition) is 0. The van der Waals surface area contributed by atoms with Gasteiger partial charge in [0.1, 0.15) is 0 Å². The molecule has 6 heteroatoms. The molecule has 0 N–H and O–H groups in total. The standard InChI is InChI=1S/C14H6Cl6/c15-7-3-11(17)9(12(18)4-7)1-2-10-13(19)5-8(16)6-14(10)20/h1-6H/b2-1-. The van der Waals surface area contributed by atoms with Crippen molar-refractivity contribution >= 4 is 81.8 Å². The van der Waals surface area contributed by atoms with E-state index < -0.39 is 0 Å². The summed E-state index contributed by atoms with van der Waals surface area (Å²) >= 11 is 36.1. The van der Waals surface area contributed by atoms with Crippen molar-refractivity contribution in [1.82, 2.24) is 0 Å². The molecule has 0 saturated heterocycles. The van der Waals surface area contributed by atoms with Gasteiger partial charge in [-0.05, 0) is 24.3 Å². The summed E-state index contributed by atoms with van der Waals surface area (Å²) in [6.07, 6.45) is 3.45. The molecule has 0 amide bonds. The van der Waals surface area contributed by atoms with E-state index in [0.29, 0.717) is 41.3 Å². The molecule has 2 rings (SSSR count). The summed E-state index contributed by atoms with van der Waals surface area (Å²) in [5.41, 5.74) is 1.28. The second-order valence-electron chi connectivity index (χ2n) is 3.90. The number of rotatable bonds is 2. The number of hydrogen-bond acceptors (Lipinski definition) is 0. The fraction of sp³-hybridized carbons (Fsp3) is 0. The first-order valence-corrected chi connectivity index (χ1v) is 7.62. The fourth-order valence-corrected chi connectivity index (χ4v) is 3.48. The molecule has 0 radical (unpaired) electrons. The van der Waals surface area contributed by atoms with E-state index in [1.165, 1.54) is 0 Å². The average Bonchev–Trinajstić information content (AvgIpc) is 2.30. The van der Waals surface area contributed by atoms with E-state index >= 15 is 0 Å². The van der Waals surface area contributed by atoms with Crippen LogP contribution in [-0.2, 0) is 0 Å². The van der Waals surface area contributed by atoms with Crippen molar-refractivity contribution in [1.29, 1.82) is 0 Å². The maximum absolute atomic E-state index is 6.10. The minimum Gasteiger partial charge on any atom is -0.0842 e. The Bertz CT molecular complexity index is 585. The summed E-state index contributed by atoms with van der Waals surface area (Å²) in [4.78, 5) is 0. The molecule has 0 spiro atoms. The molecule has 0 aliphatic rings. The third-order valence-electron chi connectivity index (χ3n) is 2.50. The van der Waals surface area contributed by atoms with Crippen molar-refractivity contribution in [3.63, 3.8) is 0 Å². The van der Waals surface area contributed by atoms with Crippen LogP contribution in [0.1, 0.15) is 11.1 Å². The average molecular weight is 387 g/mol. The Morgan fingerprint density at radius 2 is 0.750 bits per heavy atom. The molecule has 0 nitrogen and oxygen atoms in total. The summed E-state index contributed by atoms with van der Waals surface area (Å²) in [6, 6.07) is 6.44. The van der Waals surface area contributed by atoms with Gasteiger partial charge in [-0.25, -0.2) is 0 Å². The lowest BCUT2D eigenvalue weighted by Crippen LogP contribution is -1.81. The highest BCUT2D eigenvalue weighted by atomic mass is 35.5. The first-order valence-electron chi connectivity index (χ1n) is 5.35. The van der Waals surface area contributed by atoms with E-state index in [1.54, 1.807) is 36.4 Å². The number of benzene rings is 2. The molecular formula is C14H6Cl6. The molecule has 0 saturated carbocycles. The van der Waals surface area contributed by atoms with Gasteiger partial charge in [-0.3, -0.25) is 0 Å². The molecule has 0 aliphatic heterocycles. The zero-order valence-electron chi connectivity index (χ0n) is 9.73. The second-order valence-corrected chi connectivity index (χ2v) is 6.40. The van der Waals surface area contributed by atoms with Crippen molar-refractivity contribution in [3.05, 3.63) is 65.5 Å². The lowest BCUT2D eigenvalue weighted by molar-refractivity contribution is 1.63. The topological polar surface area (TPSA) is 0 Å². The van der Waals surface area contributed by atoms with E-state index in [0.717, 1.165) is 0 Å². The van der Waals surface area contributed by atoms with Crippen molar-refractivity contribution in [2.24, 2.45) is 0 Å². The van der Waals surface area contributed by atoms with E-state index in [1.807, 2.05) is 0 Å². The molecule has 0 aliphatic carbocycles. The highest BCUT2D eigenvalue weighted by Crippen LogP contribution is 2.33. The van der Waals surface area contributed by atoms with Gasteiger partial charge in [0.25, 0.3) is 0 Å². The van der Waals surface area contributed by atoms with E-state index in [4.69, 9.17) is 69.6 Å². The lowest BCUT2D eigenvalue weighted by Gasteiger charge is -2.05. The minimum absolute atomic E-state index is 0.444. The van der Waals surface area contributed by atoms with Crippen molar-refractivity contribution in [2.45, 2.75) is 0 Å². The van der Waals surface area contributed by atoms with Crippen molar-refractivity contribution in [2.75, 3.05) is 0 Å². The summed E-state index contributed by atoms with van der Waals surface area (Å²) < 4.78 is 0. The van der Waals surface area contributed by atoms with Crippen LogP contribution in [0.25, 0.3) is 12.2 Å². The van der Waals surface area contributed by atoms with Gasteiger partial charge in [-0.15, -0.1) is 0 Å². The third-order valence-corrected chi connectivity index (χ3v) is 4.19. The van der Waals surface area contributed by atoms with Crippen LogP contribution in [0.3, 0.4) is 0 Å². The van der Waals surface area contributed by atoms with Crippen molar-refractivity contribution < 1.29 is 0 Å². The Morgan fingerprint density at radius 1 is 0.500 bits per heavy atom. The highest BCUT2D eigenvalue weighted by Gasteiger charge is 2.07. The number of halogens is 6. The maximum atomic E-state index is 6.10. The smallest absolute Gasteiger partial charge is 0.0508 e. The van der Waals surface area contributed by atoms with Gasteiger partial charge in [-0.2, -0.15) is 0 Å². The van der Waals surface area contributed by atoms with Crippen LogP contribution >= 0.6 is 69.6 Å². The van der Waals surface area contributed by atoms with E-state index in [9.17, 15) is 0 Å². The van der Waals surface area contributed by atoms with Crippen LogP contribution < -0.4 is 0 Å². The summed E-state index contributed by atoms with van der Waals surface area (Å²) in [7, 11) is 0. The Labute approximate surface area is 146 Å². The predicted molar refractivity (Wildman–Crippen MR) is 91.9 cm³/mol. The largest absolute Gasteiger partial charge is 0.0842 e. The van der Waals surface area contributed by atoms with Crippen LogP contribution in [0.15, 0.2) is 24.3 Å². The normalized spacial score (nSPS) is 11.3. The first kappa shape index (κ1) is 16.3. The van der Waals surface area contributed by atoms with Crippen LogP contribution in [0, 0.1) is 0 Å². The van der Waals surface area contributed by atoms with Gasteiger partial charge < -0.3 is 0 Å². The third kappa shape index (κ3) is 3.76. The molecule has 104 valence electrons. The summed E-state index contributed by atoms with van der Waals surface area (Å²) in [5.74, 6) is 0. The molecule has 2 aromatic rings. The minimum atomic E-state index is 0.444. The van der Waals surface area contributed by atoms with Crippen LogP contribution in [0.2, 0.25) is 30.1 Å². The first-order chi connectivity index (χ1) is 9.38. The molecule has 2 aromatic carbocycles. The molecule has 20 heavy (non-hydrogen) atoms. The predicted octanol–water partition coefficient (Wildman–Crippen LogP) is 7.78. The molecule has 0 bridgehead atoms. The van der Waals surface area contributed by atoms with Gasteiger partial charge in [0, 0.05) is 21.2 Å². The monoisotopic (exact) mass is 384 g/mol. The van der Waals surface area contributed by atoms with Gasteiger partial charge >= 0.3 is 0 Å². The molecule has 0 fully saturated rings. The quantitative estimate of drug-likeness (QED) is 0.462. The maximum Gasteiger partial charge on any atom is 0.0508 e. The lowest BCUT2D eigenvalue weighted by atomic mass is 10.1. The Hall–Kier alpha value is -0.0800. The van der Waals surface area contributed by atoms with E-state index in [2.05, 4.69) is 0 Å². The summed E-state index contributed by atoms with van der Waals surface area (Å²) in [5, 5.41) is 2.72. The molecule has 0 heterocycles. The van der Waals surface area contributed by atoms with Gasteiger partial charge in [0.15, 0.2) is 0 Å². The SMILES string of the molecule is Clc1cc(Cl)c(/C=C\c2c(Cl)cc(Cl)cc2Cl)c(Cl)c1. The van der Waals surface area contributed by atoms with Crippen LogP contribution in [0.4, 0.5) is 0 Å². The zero-order chi connectivity index (χ0) is 14.9. The Kier molecular flexibility index (Phi) is 5.53.